The molecular formula is C18H11NXe. The summed E-state index contributed by atoms with van der Waals surface area (Å²) in [6, 6.07) is 22.0. The van der Waals surface area contributed by atoms with E-state index in [1.807, 2.05) is 0 Å². The van der Waals surface area contributed by atoms with Crippen LogP contribution in [-0.4, -0.2) is 4.98 Å². The third kappa shape index (κ3) is 1.50. The first kappa shape index (κ1) is 11.7. The minimum atomic E-state index is 0.133. The monoisotopic (exact) mass is 373 g/mol. The van der Waals surface area contributed by atoms with E-state index < -0.39 is 0 Å². The first-order valence-corrected chi connectivity index (χ1v) is 8.69. The van der Waals surface area contributed by atoms with Gasteiger partial charge in [0.05, 0.1) is 0 Å². The van der Waals surface area contributed by atoms with Gasteiger partial charge in [0.1, 0.15) is 0 Å². The van der Waals surface area contributed by atoms with E-state index in [0.717, 1.165) is 0 Å². The Balaban J connectivity index is 1.93. The van der Waals surface area contributed by atoms with Gasteiger partial charge < -0.3 is 0 Å². The number of rotatable bonds is 0. The quantitative estimate of drug-likeness (QED) is 0.429. The zero-order valence-corrected chi connectivity index (χ0v) is 12.6. The van der Waals surface area contributed by atoms with Gasteiger partial charge in [0, 0.05) is 0 Å². The van der Waals surface area contributed by atoms with Crippen molar-refractivity contribution in [3.63, 3.8) is 0 Å². The Morgan fingerprint density at radius 2 is 1.55 bits per heavy atom. The molecule has 96 valence electrons. The molecule has 1 N–H and O–H groups in total. The van der Waals surface area contributed by atoms with Crippen molar-refractivity contribution in [3.8, 4) is 11.1 Å². The Morgan fingerprint density at radius 1 is 0.700 bits per heavy atom. The first-order valence-electron chi connectivity index (χ1n) is 6.67. The van der Waals surface area contributed by atoms with E-state index in [4.69, 9.17) is 0 Å². The molecule has 1 aliphatic heterocycles. The number of nitrogens with one attached hydrogen (secondary N) is 1. The Morgan fingerprint density at radius 3 is 2.55 bits per heavy atom. The van der Waals surface area contributed by atoms with Crippen molar-refractivity contribution < 1.29 is 44.2 Å². The number of hydrogen-bond donors (Lipinski definition) is 1. The molecule has 0 unspecified atom stereocenters. The fourth-order valence-electron chi connectivity index (χ4n) is 3.02. The Bertz CT molecular complexity index is 981. The third-order valence-electron chi connectivity index (χ3n) is 3.94. The summed E-state index contributed by atoms with van der Waals surface area (Å²) in [5, 5.41) is 2.70. The van der Waals surface area contributed by atoms with Gasteiger partial charge in [-0.05, 0) is 0 Å². The molecule has 2 heteroatoms. The molecule has 0 spiro atoms. The number of para-hydroxylation sites is 1. The summed E-state index contributed by atoms with van der Waals surface area (Å²) in [4.78, 5) is 3.64. The van der Waals surface area contributed by atoms with Crippen molar-refractivity contribution in [2.24, 2.45) is 0 Å². The summed E-state index contributed by atoms with van der Waals surface area (Å²) < 4.78 is 3.06. The molecule has 4 aromatic rings. The second-order valence-electron chi connectivity index (χ2n) is 5.06. The molecule has 0 fully saturated rings. The number of H-pyrrole nitrogens is 1. The number of aromatic nitrogens is 1. The van der Waals surface area contributed by atoms with Gasteiger partial charge in [-0.1, -0.05) is 0 Å². The first-order chi connectivity index (χ1) is 9.92. The fourth-order valence-corrected chi connectivity index (χ4v) is 6.00. The maximum atomic E-state index is 3.64. The van der Waals surface area contributed by atoms with E-state index in [9.17, 15) is 0 Å². The molecule has 0 saturated carbocycles. The summed E-state index contributed by atoms with van der Waals surface area (Å²) in [7, 11) is 0. The molecular weight excluding hydrogens is 361 g/mol. The molecule has 5 rings (SSSR count). The van der Waals surface area contributed by atoms with Gasteiger partial charge in [0.15, 0.2) is 0 Å². The topological polar surface area (TPSA) is 15.8 Å². The van der Waals surface area contributed by atoms with Crippen molar-refractivity contribution in [3.05, 3.63) is 60.7 Å². The fraction of sp³-hybridized carbons (Fsp3) is 0. The predicted molar refractivity (Wildman–Crippen MR) is 80.5 cm³/mol. The molecule has 0 saturated heterocycles. The van der Waals surface area contributed by atoms with Gasteiger partial charge in [-0.3, -0.25) is 0 Å². The average Bonchev–Trinajstić information content (AvgIpc) is 3.05. The van der Waals surface area contributed by atoms with Gasteiger partial charge in [-0.25, -0.2) is 0 Å². The Labute approximate surface area is 141 Å². The number of hydrogen-bond acceptors (Lipinski definition) is 0. The van der Waals surface area contributed by atoms with Crippen LogP contribution in [-0.2, 0) is 0 Å². The standard InChI is InChI=1S/C18H11NXe/c1-3-7-15-11(5-1)13-9-10-14-12-6-2-4-8-16(12)20-18(14)17(13)19-15/h1-10,19H. The molecule has 0 aliphatic carbocycles. The van der Waals surface area contributed by atoms with Crippen LogP contribution in [0.1, 0.15) is 0 Å². The molecule has 20 heavy (non-hydrogen) atoms. The molecule has 1 aromatic heterocycles. The molecule has 3 aromatic carbocycles. The number of aromatic amines is 1. The van der Waals surface area contributed by atoms with Gasteiger partial charge in [-0.15, -0.1) is 0 Å². The van der Waals surface area contributed by atoms with Crippen LogP contribution in [0.5, 0.6) is 0 Å². The van der Waals surface area contributed by atoms with E-state index in [2.05, 4.69) is 65.6 Å². The van der Waals surface area contributed by atoms with Crippen molar-refractivity contribution in [2.75, 3.05) is 0 Å². The van der Waals surface area contributed by atoms with E-state index in [0.29, 0.717) is 0 Å². The molecule has 0 amide bonds. The zero-order valence-electron chi connectivity index (χ0n) is 10.6. The Hall–Kier alpha value is -0.969. The third-order valence-corrected chi connectivity index (χ3v) is 6.92. The molecule has 0 bridgehead atoms. The number of benzene rings is 3. The van der Waals surface area contributed by atoms with Crippen LogP contribution in [0.3, 0.4) is 0 Å². The average molecular weight is 373 g/mol. The SMILES string of the molecule is c1ccc2c(c1)[Xe]c1c-2ccc2c1[nH]c1ccccc12. The van der Waals surface area contributed by atoms with Crippen LogP contribution in [0.4, 0.5) is 0 Å². The van der Waals surface area contributed by atoms with Gasteiger partial charge in [0.2, 0.25) is 0 Å². The molecule has 1 aliphatic rings. The molecule has 2 heterocycles. The predicted octanol–water partition coefficient (Wildman–Crippen LogP) is 3.34. The van der Waals surface area contributed by atoms with Crippen molar-refractivity contribution >= 4 is 21.9 Å². The number of fused-ring (bicyclic) bond motifs is 7. The zero-order chi connectivity index (χ0) is 13.1. The van der Waals surface area contributed by atoms with Crippen molar-refractivity contribution in [1.29, 1.82) is 0 Å². The molecule has 0 radical (unpaired) electrons. The van der Waals surface area contributed by atoms with E-state index in [1.165, 1.54) is 33.0 Å². The Kier molecular flexibility index (Phi) is 2.49. The van der Waals surface area contributed by atoms with Crippen molar-refractivity contribution in [2.45, 2.75) is 0 Å². The summed E-state index contributed by atoms with van der Waals surface area (Å²) in [5.41, 5.74) is 5.45. The molecule has 0 atom stereocenters. The molecule has 1 nitrogen and oxygen atoms in total. The van der Waals surface area contributed by atoms with Crippen LogP contribution in [0, 0.1) is 44.2 Å². The van der Waals surface area contributed by atoms with E-state index in [1.54, 1.807) is 0 Å². The van der Waals surface area contributed by atoms with Crippen molar-refractivity contribution in [1.82, 2.24) is 4.98 Å². The second-order valence-corrected chi connectivity index (χ2v) is 7.66. The van der Waals surface area contributed by atoms with Crippen LogP contribution in [0.2, 0.25) is 0 Å². The van der Waals surface area contributed by atoms with Crippen LogP contribution >= 0.6 is 0 Å². The van der Waals surface area contributed by atoms with E-state index in [-0.39, 0.29) is 44.2 Å². The van der Waals surface area contributed by atoms with Gasteiger partial charge in [0.25, 0.3) is 0 Å². The van der Waals surface area contributed by atoms with Crippen LogP contribution < -0.4 is 0.0628 Å². The second kappa shape index (κ2) is 4.26. The van der Waals surface area contributed by atoms with Crippen LogP contribution in [0.15, 0.2) is 60.7 Å². The summed E-state index contributed by atoms with van der Waals surface area (Å²) in [6.45, 7) is 0. The van der Waals surface area contributed by atoms with E-state index >= 15 is 0 Å². The summed E-state index contributed by atoms with van der Waals surface area (Å²) in [6.07, 6.45) is 0. The summed E-state index contributed by atoms with van der Waals surface area (Å²) in [5.74, 6) is 0. The minimum absolute atomic E-state index is 0.133. The van der Waals surface area contributed by atoms with Gasteiger partial charge in [-0.2, -0.15) is 0 Å². The van der Waals surface area contributed by atoms with Gasteiger partial charge >= 0.3 is 143 Å². The summed E-state index contributed by atoms with van der Waals surface area (Å²) >= 11 is 0.133. The van der Waals surface area contributed by atoms with Crippen LogP contribution in [0.25, 0.3) is 32.9 Å². The maximum absolute atomic E-state index is 3.64. The normalized spacial score (nSPS) is 13.2.